The summed E-state index contributed by atoms with van der Waals surface area (Å²) in [6, 6.07) is 43.4. The third-order valence-electron chi connectivity index (χ3n) is 6.19. The maximum Gasteiger partial charge on any atom is 0.0237 e. The minimum Gasteiger partial charge on any atom is -0.0727 e. The normalized spacial score (nSPS) is 13.7. The molecule has 0 radical (unpaired) electrons. The number of allylic oxidation sites excluding steroid dienone is 8. The maximum atomic E-state index is 2.31. The second-order valence-electron chi connectivity index (χ2n) is 8.60. The Morgan fingerprint density at radius 3 is 0.763 bits per heavy atom. The van der Waals surface area contributed by atoms with Gasteiger partial charge in [-0.2, -0.15) is 0 Å². The summed E-state index contributed by atoms with van der Waals surface area (Å²) in [6.45, 7) is 0. The van der Waals surface area contributed by atoms with Crippen LogP contribution in [0.4, 0.5) is 0 Å². The van der Waals surface area contributed by atoms with Crippen molar-refractivity contribution in [3.63, 3.8) is 0 Å². The second-order valence-corrected chi connectivity index (χ2v) is 13.3. The van der Waals surface area contributed by atoms with Crippen molar-refractivity contribution in [2.75, 3.05) is 0 Å². The van der Waals surface area contributed by atoms with Crippen LogP contribution in [0.5, 0.6) is 0 Å². The first kappa shape index (κ1) is 30.4. The summed E-state index contributed by atoms with van der Waals surface area (Å²) in [6.07, 6.45) is 17.9. The van der Waals surface area contributed by atoms with Crippen molar-refractivity contribution in [1.82, 2.24) is 0 Å². The fourth-order valence-electron chi connectivity index (χ4n) is 4.53. The van der Waals surface area contributed by atoms with E-state index in [1.807, 2.05) is 0 Å². The van der Waals surface area contributed by atoms with E-state index < -0.39 is 0 Å². The smallest absolute Gasteiger partial charge is 0.0237 e. The molecule has 194 valence electrons. The first-order valence-corrected chi connectivity index (χ1v) is 15.2. The van der Waals surface area contributed by atoms with Crippen LogP contribution in [0.2, 0.25) is 0 Å². The monoisotopic (exact) mass is 662 g/mol. The second kappa shape index (κ2) is 16.1. The standard InChI is InChI=1S/2C17H15P.Fe.Pd/c2*1-3-9-15(10-4-1)18(17-13-7-8-14-17)16-11-5-2-6-12-16;;/h2*1-14,17H;;. The van der Waals surface area contributed by atoms with E-state index in [1.165, 1.54) is 21.2 Å². The molecule has 0 amide bonds. The van der Waals surface area contributed by atoms with Gasteiger partial charge in [0, 0.05) is 48.8 Å². The third kappa shape index (κ3) is 7.95. The molecule has 0 atom stereocenters. The van der Waals surface area contributed by atoms with Gasteiger partial charge in [-0.05, 0) is 37.1 Å². The van der Waals surface area contributed by atoms with Crippen LogP contribution in [0.1, 0.15) is 0 Å². The summed E-state index contributed by atoms with van der Waals surface area (Å²) >= 11 is 0. The van der Waals surface area contributed by atoms with E-state index in [4.69, 9.17) is 0 Å². The van der Waals surface area contributed by atoms with Gasteiger partial charge in [0.25, 0.3) is 0 Å². The van der Waals surface area contributed by atoms with E-state index in [-0.39, 0.29) is 53.3 Å². The molecule has 0 N–H and O–H groups in total. The first-order valence-electron chi connectivity index (χ1n) is 12.4. The molecule has 4 aromatic rings. The molecule has 0 nitrogen and oxygen atoms in total. The molecular weight excluding hydrogens is 633 g/mol. The summed E-state index contributed by atoms with van der Waals surface area (Å²) in [5, 5.41) is 5.78. The van der Waals surface area contributed by atoms with Gasteiger partial charge < -0.3 is 0 Å². The van der Waals surface area contributed by atoms with Gasteiger partial charge in [-0.3, -0.25) is 0 Å². The molecule has 6 rings (SSSR count). The zero-order valence-corrected chi connectivity index (χ0v) is 25.3. The number of benzene rings is 4. The average molecular weight is 663 g/mol. The Kier molecular flexibility index (Phi) is 12.9. The van der Waals surface area contributed by atoms with E-state index in [1.54, 1.807) is 0 Å². The molecule has 0 unspecified atom stereocenters. The zero-order valence-electron chi connectivity index (χ0n) is 20.9. The van der Waals surface area contributed by atoms with Crippen LogP contribution in [0, 0.1) is 0 Å². The molecule has 0 aromatic heterocycles. The van der Waals surface area contributed by atoms with E-state index in [0.717, 1.165) is 0 Å². The largest absolute Gasteiger partial charge is 0.0727 e. The van der Waals surface area contributed by atoms with Crippen molar-refractivity contribution >= 4 is 37.1 Å². The topological polar surface area (TPSA) is 0 Å². The third-order valence-corrected chi connectivity index (χ3v) is 11.5. The van der Waals surface area contributed by atoms with Crippen LogP contribution in [0.3, 0.4) is 0 Å². The van der Waals surface area contributed by atoms with Crippen LogP contribution >= 0.6 is 15.8 Å². The molecule has 0 saturated carbocycles. The van der Waals surface area contributed by atoms with Gasteiger partial charge in [0.1, 0.15) is 0 Å². The van der Waals surface area contributed by atoms with Crippen molar-refractivity contribution in [3.05, 3.63) is 170 Å². The maximum absolute atomic E-state index is 2.31. The summed E-state index contributed by atoms with van der Waals surface area (Å²) in [5.41, 5.74) is 1.06. The van der Waals surface area contributed by atoms with Crippen LogP contribution < -0.4 is 21.2 Å². The molecular formula is C34H30FeP2Pd. The Balaban J connectivity index is 0.000000200. The predicted octanol–water partition coefficient (Wildman–Crippen LogP) is 7.22. The molecule has 0 aliphatic heterocycles. The van der Waals surface area contributed by atoms with Crippen LogP contribution in [0.15, 0.2) is 170 Å². The Morgan fingerprint density at radius 2 is 0.553 bits per heavy atom. The van der Waals surface area contributed by atoms with Gasteiger partial charge in [-0.15, -0.1) is 0 Å². The Hall–Kier alpha value is -2.12. The van der Waals surface area contributed by atoms with Gasteiger partial charge in [-0.1, -0.05) is 170 Å². The summed E-state index contributed by atoms with van der Waals surface area (Å²) in [4.78, 5) is 0. The van der Waals surface area contributed by atoms with Gasteiger partial charge >= 0.3 is 0 Å². The molecule has 4 aromatic carbocycles. The zero-order chi connectivity index (χ0) is 24.4. The Bertz CT molecular complexity index is 1130. The average Bonchev–Trinajstić information content (AvgIpc) is 3.68. The Labute approximate surface area is 254 Å². The van der Waals surface area contributed by atoms with Crippen molar-refractivity contribution in [2.24, 2.45) is 0 Å². The quantitative estimate of drug-likeness (QED) is 0.151. The van der Waals surface area contributed by atoms with Gasteiger partial charge in [0.05, 0.1) is 0 Å². The molecule has 0 bridgehead atoms. The van der Waals surface area contributed by atoms with Crippen LogP contribution in [0.25, 0.3) is 0 Å². The molecule has 0 spiro atoms. The molecule has 0 fully saturated rings. The van der Waals surface area contributed by atoms with Gasteiger partial charge in [0.15, 0.2) is 0 Å². The van der Waals surface area contributed by atoms with Gasteiger partial charge in [0.2, 0.25) is 0 Å². The molecule has 0 saturated heterocycles. The van der Waals surface area contributed by atoms with E-state index >= 15 is 0 Å². The molecule has 0 heterocycles. The van der Waals surface area contributed by atoms with E-state index in [9.17, 15) is 0 Å². The minimum absolute atomic E-state index is 0. The molecule has 38 heavy (non-hydrogen) atoms. The van der Waals surface area contributed by atoms with Crippen LogP contribution in [-0.4, -0.2) is 11.3 Å². The molecule has 4 heteroatoms. The first-order chi connectivity index (χ1) is 17.9. The fourth-order valence-corrected chi connectivity index (χ4v) is 9.56. The van der Waals surface area contributed by atoms with Gasteiger partial charge in [-0.25, -0.2) is 0 Å². The minimum atomic E-state index is -0.326. The van der Waals surface area contributed by atoms with Crippen LogP contribution in [-0.2, 0) is 37.5 Å². The number of hydrogen-bond acceptors (Lipinski definition) is 0. The fraction of sp³-hybridized carbons (Fsp3) is 0.0588. The van der Waals surface area contributed by atoms with Crippen molar-refractivity contribution in [1.29, 1.82) is 0 Å². The summed E-state index contributed by atoms with van der Waals surface area (Å²) < 4.78 is 0. The SMILES string of the molecule is C1=CC(P(c2ccccc2)c2ccccc2)C=C1.C1=CC(P(c2ccccc2)c2ccccc2)C=C1.[Fe].[Pd]. The molecule has 2 aliphatic carbocycles. The van der Waals surface area contributed by atoms with Crippen molar-refractivity contribution < 1.29 is 37.5 Å². The van der Waals surface area contributed by atoms with Crippen molar-refractivity contribution in [2.45, 2.75) is 11.3 Å². The Morgan fingerprint density at radius 1 is 0.342 bits per heavy atom. The predicted molar refractivity (Wildman–Crippen MR) is 162 cm³/mol. The number of rotatable bonds is 6. The molecule has 2 aliphatic rings. The summed E-state index contributed by atoms with van der Waals surface area (Å²) in [5.74, 6) is 0. The van der Waals surface area contributed by atoms with E-state index in [0.29, 0.717) is 11.3 Å². The summed E-state index contributed by atoms with van der Waals surface area (Å²) in [7, 11) is -0.651. The van der Waals surface area contributed by atoms with E-state index in [2.05, 4.69) is 170 Å². The van der Waals surface area contributed by atoms with Crippen molar-refractivity contribution in [3.8, 4) is 0 Å². The number of hydrogen-bond donors (Lipinski definition) is 0.